The monoisotopic (exact) mass is 518 g/mol. The number of esters is 1. The standard InChI is InChI=1S/C32H30N4O3/c1-8-18-14(3)22-12-25-19(9-2)15(4)29(36-25)17(6)20-10-11-21(33-20)27-28(32(38)39-7)31(37)26-16(5)23(35-30(26)27)13-24(18)34-22/h9-13,28,34,37H,2,8H2,1,3-7H3. The van der Waals surface area contributed by atoms with Crippen LogP contribution in [-0.2, 0) is 16.0 Å². The van der Waals surface area contributed by atoms with Crippen molar-refractivity contribution in [2.45, 2.75) is 41.0 Å². The van der Waals surface area contributed by atoms with E-state index in [2.05, 4.69) is 31.5 Å². The van der Waals surface area contributed by atoms with Crippen LogP contribution >= 0.6 is 0 Å². The van der Waals surface area contributed by atoms with Crippen molar-refractivity contribution in [2.24, 2.45) is 20.9 Å². The number of fused-ring (bicyclic) bond motifs is 5. The number of ether oxygens (including phenoxy) is 1. The van der Waals surface area contributed by atoms with Crippen molar-refractivity contribution in [1.29, 1.82) is 0 Å². The van der Waals surface area contributed by atoms with Crippen LogP contribution in [0.1, 0.15) is 38.8 Å². The van der Waals surface area contributed by atoms with E-state index in [1.807, 2.05) is 45.1 Å². The summed E-state index contributed by atoms with van der Waals surface area (Å²) in [6.07, 6.45) is 10.6. The fourth-order valence-electron chi connectivity index (χ4n) is 6.08. The van der Waals surface area contributed by atoms with Crippen LogP contribution in [-0.4, -0.2) is 40.3 Å². The van der Waals surface area contributed by atoms with Gasteiger partial charge >= 0.3 is 5.97 Å². The minimum Gasteiger partial charge on any atom is -0.510 e. The highest BCUT2D eigenvalue weighted by Crippen LogP contribution is 2.45. The molecule has 1 unspecified atom stereocenters. The number of aliphatic imine (C=N–C) groups is 3. The maximum Gasteiger partial charge on any atom is 0.321 e. The number of rotatable bonds is 3. The van der Waals surface area contributed by atoms with E-state index in [0.717, 1.165) is 67.8 Å². The molecule has 196 valence electrons. The molecule has 8 bridgehead atoms. The maximum absolute atomic E-state index is 12.9. The summed E-state index contributed by atoms with van der Waals surface area (Å²) in [5.74, 6) is -1.59. The smallest absolute Gasteiger partial charge is 0.321 e. The van der Waals surface area contributed by atoms with Crippen molar-refractivity contribution in [3.05, 3.63) is 103 Å². The van der Waals surface area contributed by atoms with Gasteiger partial charge in [-0.05, 0) is 80.7 Å². The lowest BCUT2D eigenvalue weighted by molar-refractivity contribution is -0.143. The predicted molar refractivity (Wildman–Crippen MR) is 155 cm³/mol. The third-order valence-corrected chi connectivity index (χ3v) is 8.23. The molecule has 0 fully saturated rings. The average Bonchev–Trinajstić information content (AvgIpc) is 3.70. The lowest BCUT2D eigenvalue weighted by Crippen LogP contribution is -2.20. The van der Waals surface area contributed by atoms with Crippen molar-refractivity contribution < 1.29 is 14.6 Å². The summed E-state index contributed by atoms with van der Waals surface area (Å²) in [5, 5.41) is 13.3. The SMILES string of the molecule is C=CC1=C(C)C2=C(C)C3=NC(=C4C5=NC(=C(C)C5=C(O)C4C(=O)OC)C=c4[nH]c(c(C)c4CC)=CC1=N2)C=C3. The molecule has 39 heavy (non-hydrogen) atoms. The Hall–Kier alpha value is -4.52. The molecule has 0 aromatic carbocycles. The molecule has 1 aliphatic carbocycles. The van der Waals surface area contributed by atoms with Crippen molar-refractivity contribution >= 4 is 35.3 Å². The first-order chi connectivity index (χ1) is 18.7. The maximum atomic E-state index is 12.9. The molecule has 5 heterocycles. The summed E-state index contributed by atoms with van der Waals surface area (Å²) >= 11 is 0. The van der Waals surface area contributed by atoms with Crippen LogP contribution in [0.3, 0.4) is 0 Å². The number of carbonyl (C=O) groups is 1. The minimum atomic E-state index is -0.986. The molecule has 1 aromatic heterocycles. The molecule has 7 nitrogen and oxygen atoms in total. The molecule has 0 amide bonds. The molecule has 0 saturated carbocycles. The van der Waals surface area contributed by atoms with E-state index in [0.29, 0.717) is 22.6 Å². The number of H-pyrrole nitrogens is 1. The minimum absolute atomic E-state index is 0.0518. The van der Waals surface area contributed by atoms with Crippen molar-refractivity contribution in [2.75, 3.05) is 7.11 Å². The second kappa shape index (κ2) is 8.76. The number of allylic oxidation sites excluding steroid dienone is 9. The first kappa shape index (κ1) is 24.8. The molecule has 5 aliphatic rings. The lowest BCUT2D eigenvalue weighted by Gasteiger charge is -2.12. The Labute approximate surface area is 226 Å². The second-order valence-corrected chi connectivity index (χ2v) is 10.2. The van der Waals surface area contributed by atoms with Gasteiger partial charge in [0.15, 0.2) is 0 Å². The zero-order valence-corrected chi connectivity index (χ0v) is 23.0. The van der Waals surface area contributed by atoms with E-state index in [-0.39, 0.29) is 5.76 Å². The number of nitrogens with zero attached hydrogens (tertiary/aromatic N) is 3. The number of aliphatic hydroxyl groups is 1. The molecular formula is C32H30N4O3. The van der Waals surface area contributed by atoms with Crippen molar-refractivity contribution in [3.63, 3.8) is 0 Å². The van der Waals surface area contributed by atoms with Crippen LogP contribution in [0.5, 0.6) is 0 Å². The van der Waals surface area contributed by atoms with Crippen LogP contribution in [0.4, 0.5) is 0 Å². The highest BCUT2D eigenvalue weighted by atomic mass is 16.5. The summed E-state index contributed by atoms with van der Waals surface area (Å²) in [4.78, 5) is 31.4. The van der Waals surface area contributed by atoms with Crippen LogP contribution in [0.25, 0.3) is 12.2 Å². The molecule has 2 N–H and O–H groups in total. The second-order valence-electron chi connectivity index (χ2n) is 10.2. The number of carbonyl (C=O) groups excluding carboxylic acids is 1. The molecule has 1 aromatic rings. The summed E-state index contributed by atoms with van der Waals surface area (Å²) < 4.78 is 5.09. The number of aromatic amines is 1. The lowest BCUT2D eigenvalue weighted by atomic mass is 9.98. The molecule has 1 atom stereocenters. The van der Waals surface area contributed by atoms with Gasteiger partial charge in [-0.25, -0.2) is 15.0 Å². The fourth-order valence-corrected chi connectivity index (χ4v) is 6.08. The highest BCUT2D eigenvalue weighted by Gasteiger charge is 2.46. The fraction of sp³-hybridized carbons (Fsp3) is 0.250. The summed E-state index contributed by atoms with van der Waals surface area (Å²) in [6, 6.07) is 0. The number of hydrogen-bond donors (Lipinski definition) is 2. The van der Waals surface area contributed by atoms with Crippen LogP contribution in [0, 0.1) is 12.8 Å². The third kappa shape index (κ3) is 3.42. The number of nitrogens with one attached hydrogen (secondary N) is 1. The van der Waals surface area contributed by atoms with Gasteiger partial charge in [-0.1, -0.05) is 19.6 Å². The van der Waals surface area contributed by atoms with E-state index in [1.54, 1.807) is 0 Å². The van der Waals surface area contributed by atoms with Gasteiger partial charge in [-0.15, -0.1) is 0 Å². The molecule has 7 heteroatoms. The Morgan fingerprint density at radius 3 is 2.49 bits per heavy atom. The topological polar surface area (TPSA) is 99.4 Å². The Morgan fingerprint density at radius 1 is 1.03 bits per heavy atom. The van der Waals surface area contributed by atoms with Crippen molar-refractivity contribution in [3.8, 4) is 0 Å². The van der Waals surface area contributed by atoms with Gasteiger partial charge < -0.3 is 14.8 Å². The van der Waals surface area contributed by atoms with Crippen molar-refractivity contribution in [1.82, 2.24) is 4.98 Å². The van der Waals surface area contributed by atoms with Gasteiger partial charge in [0.1, 0.15) is 11.7 Å². The zero-order valence-electron chi connectivity index (χ0n) is 23.0. The van der Waals surface area contributed by atoms with E-state index >= 15 is 0 Å². The summed E-state index contributed by atoms with van der Waals surface area (Å²) in [6.45, 7) is 14.3. The summed E-state index contributed by atoms with van der Waals surface area (Å²) in [5.41, 5.74) is 11.5. The highest BCUT2D eigenvalue weighted by molar-refractivity contribution is 6.26. The molecular weight excluding hydrogens is 488 g/mol. The number of aliphatic hydroxyl groups excluding tert-OH is 1. The molecule has 0 saturated heterocycles. The molecule has 0 spiro atoms. The first-order valence-electron chi connectivity index (χ1n) is 13.1. The Balaban J connectivity index is 1.74. The van der Waals surface area contributed by atoms with Gasteiger partial charge in [-0.3, -0.25) is 4.79 Å². The Morgan fingerprint density at radius 2 is 1.79 bits per heavy atom. The zero-order chi connectivity index (χ0) is 27.7. The largest absolute Gasteiger partial charge is 0.510 e. The molecule has 4 aliphatic heterocycles. The normalized spacial score (nSPS) is 21.5. The van der Waals surface area contributed by atoms with E-state index < -0.39 is 11.9 Å². The number of aromatic nitrogens is 1. The number of hydrogen-bond acceptors (Lipinski definition) is 6. The van der Waals surface area contributed by atoms with Gasteiger partial charge in [0.25, 0.3) is 0 Å². The van der Waals surface area contributed by atoms with Gasteiger partial charge in [-0.2, -0.15) is 0 Å². The van der Waals surface area contributed by atoms with E-state index in [1.165, 1.54) is 12.7 Å². The third-order valence-electron chi connectivity index (χ3n) is 8.23. The predicted octanol–water partition coefficient (Wildman–Crippen LogP) is 4.30. The van der Waals surface area contributed by atoms with E-state index in [4.69, 9.17) is 19.7 Å². The van der Waals surface area contributed by atoms with Gasteiger partial charge in [0, 0.05) is 33.0 Å². The first-order valence-corrected chi connectivity index (χ1v) is 13.1. The van der Waals surface area contributed by atoms with Crippen LogP contribution in [0.2, 0.25) is 0 Å². The number of methoxy groups -OCH3 is 1. The summed E-state index contributed by atoms with van der Waals surface area (Å²) in [7, 11) is 1.32. The Bertz CT molecular complexity index is 1840. The quantitative estimate of drug-likeness (QED) is 0.584. The Kier molecular flexibility index (Phi) is 5.57. The molecule has 0 radical (unpaired) electrons. The van der Waals surface area contributed by atoms with E-state index in [9.17, 15) is 9.90 Å². The van der Waals surface area contributed by atoms with Crippen LogP contribution in [0.15, 0.2) is 96.1 Å². The molecule has 6 rings (SSSR count). The average molecular weight is 519 g/mol. The van der Waals surface area contributed by atoms with Gasteiger partial charge in [0.05, 0.1) is 41.3 Å². The van der Waals surface area contributed by atoms with Crippen LogP contribution < -0.4 is 10.7 Å². The van der Waals surface area contributed by atoms with Gasteiger partial charge in [0.2, 0.25) is 0 Å².